The summed E-state index contributed by atoms with van der Waals surface area (Å²) < 4.78 is 1.77. The molecule has 1 N–H and O–H groups in total. The second-order valence-corrected chi connectivity index (χ2v) is 6.24. The Kier molecular flexibility index (Phi) is 4.29. The molecule has 0 fully saturated rings. The standard InChI is InChI=1S/C16H16N4OS/c1-12-6-7-15(22-12)16(21)18-8-13-4-2-3-5-14(13)9-20-11-17-10-19-20/h2-7,10-11H,8-9H2,1H3,(H,18,21). The molecule has 2 heterocycles. The maximum absolute atomic E-state index is 12.1. The Bertz CT molecular complexity index is 764. The normalized spacial score (nSPS) is 10.6. The van der Waals surface area contributed by atoms with Crippen LogP contribution in [0.3, 0.4) is 0 Å². The number of hydrogen-bond acceptors (Lipinski definition) is 4. The quantitative estimate of drug-likeness (QED) is 0.788. The van der Waals surface area contributed by atoms with Crippen LogP contribution in [0.15, 0.2) is 49.1 Å². The minimum atomic E-state index is -0.0336. The predicted octanol–water partition coefficient (Wildman–Crippen LogP) is 2.63. The van der Waals surface area contributed by atoms with Crippen molar-refractivity contribution in [3.8, 4) is 0 Å². The highest BCUT2D eigenvalue weighted by Crippen LogP contribution is 2.15. The van der Waals surface area contributed by atoms with Gasteiger partial charge in [0.2, 0.25) is 0 Å². The van der Waals surface area contributed by atoms with Gasteiger partial charge >= 0.3 is 0 Å². The number of hydrogen-bond donors (Lipinski definition) is 1. The summed E-state index contributed by atoms with van der Waals surface area (Å²) in [5.74, 6) is -0.0336. The SMILES string of the molecule is Cc1ccc(C(=O)NCc2ccccc2Cn2cncn2)s1. The van der Waals surface area contributed by atoms with Crippen LogP contribution < -0.4 is 5.32 Å². The van der Waals surface area contributed by atoms with Gasteiger partial charge in [0.05, 0.1) is 11.4 Å². The summed E-state index contributed by atoms with van der Waals surface area (Å²) in [4.78, 5) is 18.0. The summed E-state index contributed by atoms with van der Waals surface area (Å²) in [7, 11) is 0. The lowest BCUT2D eigenvalue weighted by Gasteiger charge is -2.10. The van der Waals surface area contributed by atoms with Crippen molar-refractivity contribution in [2.24, 2.45) is 0 Å². The average molecular weight is 312 g/mol. The third kappa shape index (κ3) is 3.40. The third-order valence-corrected chi connectivity index (χ3v) is 4.32. The Balaban J connectivity index is 1.68. The van der Waals surface area contributed by atoms with Gasteiger partial charge in [0.1, 0.15) is 12.7 Å². The molecule has 22 heavy (non-hydrogen) atoms. The first-order valence-electron chi connectivity index (χ1n) is 6.96. The van der Waals surface area contributed by atoms with E-state index in [0.717, 1.165) is 20.9 Å². The van der Waals surface area contributed by atoms with Crippen molar-refractivity contribution in [2.45, 2.75) is 20.0 Å². The summed E-state index contributed by atoms with van der Waals surface area (Å²) in [6.45, 7) is 3.14. The minimum absolute atomic E-state index is 0.0336. The second kappa shape index (κ2) is 6.53. The summed E-state index contributed by atoms with van der Waals surface area (Å²) in [6, 6.07) is 11.8. The highest BCUT2D eigenvalue weighted by molar-refractivity contribution is 7.13. The van der Waals surface area contributed by atoms with Gasteiger partial charge in [-0.15, -0.1) is 11.3 Å². The molecule has 0 bridgehead atoms. The first-order chi connectivity index (χ1) is 10.7. The molecule has 0 aliphatic heterocycles. The zero-order valence-corrected chi connectivity index (χ0v) is 13.0. The van der Waals surface area contributed by atoms with Crippen LogP contribution in [0.4, 0.5) is 0 Å². The number of nitrogens with one attached hydrogen (secondary N) is 1. The molecule has 1 aromatic carbocycles. The fraction of sp³-hybridized carbons (Fsp3) is 0.188. The van der Waals surface area contributed by atoms with Crippen LogP contribution in [0, 0.1) is 6.92 Å². The van der Waals surface area contributed by atoms with Gasteiger partial charge in [0.25, 0.3) is 5.91 Å². The molecule has 3 rings (SSSR count). The molecular weight excluding hydrogens is 296 g/mol. The average Bonchev–Trinajstić information content (AvgIpc) is 3.18. The monoisotopic (exact) mass is 312 g/mol. The third-order valence-electron chi connectivity index (χ3n) is 3.32. The molecule has 3 aromatic rings. The van der Waals surface area contributed by atoms with Crippen molar-refractivity contribution in [2.75, 3.05) is 0 Å². The second-order valence-electron chi connectivity index (χ2n) is 4.95. The van der Waals surface area contributed by atoms with Crippen LogP contribution >= 0.6 is 11.3 Å². The molecule has 6 heteroatoms. The number of benzene rings is 1. The van der Waals surface area contributed by atoms with E-state index in [2.05, 4.69) is 15.4 Å². The number of thiophene rings is 1. The molecule has 2 aromatic heterocycles. The van der Waals surface area contributed by atoms with Gasteiger partial charge in [0, 0.05) is 11.4 Å². The molecule has 0 saturated carbocycles. The van der Waals surface area contributed by atoms with Crippen LogP contribution in [0.25, 0.3) is 0 Å². The van der Waals surface area contributed by atoms with Crippen LogP contribution in [0.5, 0.6) is 0 Å². The Morgan fingerprint density at radius 3 is 2.73 bits per heavy atom. The molecule has 112 valence electrons. The number of carbonyl (C=O) groups excluding carboxylic acids is 1. The minimum Gasteiger partial charge on any atom is -0.347 e. The molecule has 0 radical (unpaired) electrons. The molecule has 0 atom stereocenters. The maximum atomic E-state index is 12.1. The van der Waals surface area contributed by atoms with Gasteiger partial charge in [0.15, 0.2) is 0 Å². The fourth-order valence-corrected chi connectivity index (χ4v) is 2.98. The zero-order chi connectivity index (χ0) is 15.4. The maximum Gasteiger partial charge on any atom is 0.261 e. The molecule has 0 aliphatic carbocycles. The van der Waals surface area contributed by atoms with E-state index in [4.69, 9.17) is 0 Å². The van der Waals surface area contributed by atoms with Gasteiger partial charge in [-0.05, 0) is 30.2 Å². The van der Waals surface area contributed by atoms with Crippen LogP contribution in [-0.4, -0.2) is 20.7 Å². The Hall–Kier alpha value is -2.47. The van der Waals surface area contributed by atoms with Gasteiger partial charge < -0.3 is 5.32 Å². The largest absolute Gasteiger partial charge is 0.347 e. The predicted molar refractivity (Wildman–Crippen MR) is 85.8 cm³/mol. The molecule has 1 amide bonds. The Morgan fingerprint density at radius 1 is 1.23 bits per heavy atom. The van der Waals surface area contributed by atoms with Crippen LogP contribution in [-0.2, 0) is 13.1 Å². The summed E-state index contributed by atoms with van der Waals surface area (Å²) in [5, 5.41) is 7.09. The highest BCUT2D eigenvalue weighted by Gasteiger charge is 2.09. The molecule has 0 saturated heterocycles. The van der Waals surface area contributed by atoms with E-state index in [9.17, 15) is 4.79 Å². The van der Waals surface area contributed by atoms with E-state index in [1.807, 2.05) is 43.3 Å². The van der Waals surface area contributed by atoms with E-state index < -0.39 is 0 Å². The van der Waals surface area contributed by atoms with Crippen molar-refractivity contribution < 1.29 is 4.79 Å². The zero-order valence-electron chi connectivity index (χ0n) is 12.2. The Labute approximate surface area is 132 Å². The van der Waals surface area contributed by atoms with Crippen LogP contribution in [0.1, 0.15) is 25.7 Å². The lowest BCUT2D eigenvalue weighted by molar-refractivity contribution is 0.0955. The number of carbonyl (C=O) groups is 1. The van der Waals surface area contributed by atoms with Crippen molar-refractivity contribution in [1.29, 1.82) is 0 Å². The van der Waals surface area contributed by atoms with Crippen molar-refractivity contribution >= 4 is 17.2 Å². The topological polar surface area (TPSA) is 59.8 Å². The summed E-state index contributed by atoms with van der Waals surface area (Å²) in [6.07, 6.45) is 3.20. The molecular formula is C16H16N4OS. The molecule has 0 spiro atoms. The summed E-state index contributed by atoms with van der Waals surface area (Å²) >= 11 is 1.50. The smallest absolute Gasteiger partial charge is 0.261 e. The summed E-state index contributed by atoms with van der Waals surface area (Å²) in [5.41, 5.74) is 2.20. The van der Waals surface area contributed by atoms with Crippen molar-refractivity contribution in [3.63, 3.8) is 0 Å². The number of amides is 1. The lowest BCUT2D eigenvalue weighted by Crippen LogP contribution is -2.22. The van der Waals surface area contributed by atoms with Gasteiger partial charge in [-0.1, -0.05) is 24.3 Å². The number of nitrogens with zero attached hydrogens (tertiary/aromatic N) is 3. The fourth-order valence-electron chi connectivity index (χ4n) is 2.19. The lowest BCUT2D eigenvalue weighted by atomic mass is 10.1. The molecule has 0 aliphatic rings. The number of rotatable bonds is 5. The van der Waals surface area contributed by atoms with Crippen molar-refractivity contribution in [1.82, 2.24) is 20.1 Å². The molecule has 5 nitrogen and oxygen atoms in total. The van der Waals surface area contributed by atoms with E-state index in [-0.39, 0.29) is 5.91 Å². The Morgan fingerprint density at radius 2 is 2.05 bits per heavy atom. The van der Waals surface area contributed by atoms with Crippen LogP contribution in [0.2, 0.25) is 0 Å². The highest BCUT2D eigenvalue weighted by atomic mass is 32.1. The van der Waals surface area contributed by atoms with E-state index >= 15 is 0 Å². The number of aromatic nitrogens is 3. The van der Waals surface area contributed by atoms with Gasteiger partial charge in [-0.2, -0.15) is 5.10 Å². The van der Waals surface area contributed by atoms with E-state index in [0.29, 0.717) is 13.1 Å². The number of aryl methyl sites for hydroxylation is 1. The first kappa shape index (κ1) is 14.5. The van der Waals surface area contributed by atoms with Crippen molar-refractivity contribution in [3.05, 3.63) is 69.9 Å². The van der Waals surface area contributed by atoms with Gasteiger partial charge in [-0.3, -0.25) is 4.79 Å². The first-order valence-corrected chi connectivity index (χ1v) is 7.78. The van der Waals surface area contributed by atoms with Gasteiger partial charge in [-0.25, -0.2) is 9.67 Å². The van der Waals surface area contributed by atoms with E-state index in [1.54, 1.807) is 11.0 Å². The van der Waals surface area contributed by atoms with E-state index in [1.165, 1.54) is 17.7 Å². The molecule has 0 unspecified atom stereocenters.